The highest BCUT2D eigenvalue weighted by Crippen LogP contribution is 2.45. The lowest BCUT2D eigenvalue weighted by Crippen LogP contribution is -2.47. The lowest BCUT2D eigenvalue weighted by molar-refractivity contribution is 0.192. The van der Waals surface area contributed by atoms with E-state index in [0.717, 1.165) is 24.6 Å². The Kier molecular flexibility index (Phi) is 4.53. The molecule has 132 valence electrons. The molecule has 2 aromatic rings. The lowest BCUT2D eigenvalue weighted by atomic mass is 9.87. The predicted molar refractivity (Wildman–Crippen MR) is 103 cm³/mol. The molecule has 1 unspecified atom stereocenters. The summed E-state index contributed by atoms with van der Waals surface area (Å²) in [5.74, 6) is 2.00. The average Bonchev–Trinajstić information content (AvgIpc) is 2.62. The van der Waals surface area contributed by atoms with Gasteiger partial charge in [0.2, 0.25) is 0 Å². The normalized spacial score (nSPS) is 20.7. The molecule has 4 rings (SSSR count). The minimum Gasteiger partial charge on any atom is -0.457 e. The molecule has 0 amide bonds. The number of nitrogens with zero attached hydrogens (tertiary/aromatic N) is 1. The SMILES string of the molecule is CCN1CCCC(NC2c3c(C)cccc3Oc3cccc(C)c32)C1. The molecule has 0 aromatic heterocycles. The summed E-state index contributed by atoms with van der Waals surface area (Å²) in [6.45, 7) is 10.1. The monoisotopic (exact) mass is 336 g/mol. The topological polar surface area (TPSA) is 24.5 Å². The first kappa shape index (κ1) is 16.6. The van der Waals surface area contributed by atoms with Crippen LogP contribution >= 0.6 is 0 Å². The first-order valence-corrected chi connectivity index (χ1v) is 9.52. The molecule has 0 spiro atoms. The Bertz CT molecular complexity index is 719. The second-order valence-electron chi connectivity index (χ2n) is 7.41. The maximum atomic E-state index is 6.25. The lowest BCUT2D eigenvalue weighted by Gasteiger charge is -2.38. The molecule has 3 heteroatoms. The highest BCUT2D eigenvalue weighted by atomic mass is 16.5. The van der Waals surface area contributed by atoms with Crippen LogP contribution in [0.1, 0.15) is 48.1 Å². The zero-order chi connectivity index (χ0) is 17.4. The molecule has 2 aliphatic heterocycles. The minimum absolute atomic E-state index is 0.211. The summed E-state index contributed by atoms with van der Waals surface area (Å²) in [5, 5.41) is 3.99. The third-order valence-corrected chi connectivity index (χ3v) is 5.72. The molecule has 2 aliphatic rings. The van der Waals surface area contributed by atoms with Crippen molar-refractivity contribution in [2.45, 2.75) is 45.7 Å². The molecule has 2 aromatic carbocycles. The van der Waals surface area contributed by atoms with Crippen LogP contribution in [-0.2, 0) is 0 Å². The highest BCUT2D eigenvalue weighted by molar-refractivity contribution is 5.57. The standard InChI is InChI=1S/C22H28N2O/c1-4-24-13-7-10-17(14-24)23-22-20-15(2)8-5-11-18(20)25-19-12-6-9-16(3)21(19)22/h5-6,8-9,11-12,17,22-23H,4,7,10,13-14H2,1-3H3. The van der Waals surface area contributed by atoms with Crippen LogP contribution in [-0.4, -0.2) is 30.6 Å². The number of hydrogen-bond acceptors (Lipinski definition) is 3. The minimum atomic E-state index is 0.211. The van der Waals surface area contributed by atoms with Gasteiger partial charge in [-0.05, 0) is 63.0 Å². The van der Waals surface area contributed by atoms with Gasteiger partial charge in [0.05, 0.1) is 6.04 Å². The van der Waals surface area contributed by atoms with Crippen molar-refractivity contribution in [3.8, 4) is 11.5 Å². The molecule has 1 saturated heterocycles. The van der Waals surface area contributed by atoms with E-state index in [9.17, 15) is 0 Å². The molecule has 2 heterocycles. The van der Waals surface area contributed by atoms with Crippen LogP contribution in [0.5, 0.6) is 11.5 Å². The van der Waals surface area contributed by atoms with Crippen LogP contribution in [0, 0.1) is 13.8 Å². The molecular weight excluding hydrogens is 308 g/mol. The summed E-state index contributed by atoms with van der Waals surface area (Å²) in [6, 6.07) is 13.5. The quantitative estimate of drug-likeness (QED) is 0.888. The maximum absolute atomic E-state index is 6.25. The van der Waals surface area contributed by atoms with Crippen molar-refractivity contribution in [1.29, 1.82) is 0 Å². The van der Waals surface area contributed by atoms with Gasteiger partial charge in [-0.25, -0.2) is 0 Å². The van der Waals surface area contributed by atoms with Crippen molar-refractivity contribution < 1.29 is 4.74 Å². The number of nitrogens with one attached hydrogen (secondary N) is 1. The van der Waals surface area contributed by atoms with Gasteiger partial charge in [-0.1, -0.05) is 31.2 Å². The van der Waals surface area contributed by atoms with Crippen LogP contribution in [0.4, 0.5) is 0 Å². The fourth-order valence-corrected chi connectivity index (χ4v) is 4.37. The fourth-order valence-electron chi connectivity index (χ4n) is 4.37. The molecular formula is C22H28N2O. The predicted octanol–water partition coefficient (Wildman–Crippen LogP) is 4.57. The van der Waals surface area contributed by atoms with Gasteiger partial charge < -0.3 is 15.0 Å². The number of aryl methyl sites for hydroxylation is 2. The summed E-state index contributed by atoms with van der Waals surface area (Å²) < 4.78 is 6.25. The second-order valence-corrected chi connectivity index (χ2v) is 7.41. The maximum Gasteiger partial charge on any atom is 0.132 e. The van der Waals surface area contributed by atoms with Crippen molar-refractivity contribution in [3.05, 3.63) is 58.7 Å². The number of ether oxygens (including phenoxy) is 1. The van der Waals surface area contributed by atoms with Crippen molar-refractivity contribution in [2.75, 3.05) is 19.6 Å². The molecule has 1 fully saturated rings. The molecule has 0 aliphatic carbocycles. The van der Waals surface area contributed by atoms with E-state index in [-0.39, 0.29) is 6.04 Å². The highest BCUT2D eigenvalue weighted by Gasteiger charge is 2.32. The van der Waals surface area contributed by atoms with E-state index in [4.69, 9.17) is 4.74 Å². The number of rotatable bonds is 3. The molecule has 0 saturated carbocycles. The molecule has 0 radical (unpaired) electrons. The molecule has 3 nitrogen and oxygen atoms in total. The van der Waals surface area contributed by atoms with E-state index in [1.54, 1.807) is 0 Å². The molecule has 0 bridgehead atoms. The van der Waals surface area contributed by atoms with Gasteiger partial charge in [0.25, 0.3) is 0 Å². The molecule has 1 atom stereocenters. The van der Waals surface area contributed by atoms with Gasteiger partial charge in [0.15, 0.2) is 0 Å². The van der Waals surface area contributed by atoms with Gasteiger partial charge in [-0.3, -0.25) is 0 Å². The third-order valence-electron chi connectivity index (χ3n) is 5.72. The van der Waals surface area contributed by atoms with E-state index >= 15 is 0 Å². The Morgan fingerprint density at radius 1 is 1.04 bits per heavy atom. The third kappa shape index (κ3) is 3.07. The largest absolute Gasteiger partial charge is 0.457 e. The number of benzene rings is 2. The van der Waals surface area contributed by atoms with Gasteiger partial charge in [-0.2, -0.15) is 0 Å². The number of likely N-dealkylation sites (N-methyl/N-ethyl adjacent to an activating group) is 1. The summed E-state index contributed by atoms with van der Waals surface area (Å²) in [7, 11) is 0. The van der Waals surface area contributed by atoms with Crippen LogP contribution in [0.15, 0.2) is 36.4 Å². The Morgan fingerprint density at radius 2 is 1.68 bits per heavy atom. The zero-order valence-corrected chi connectivity index (χ0v) is 15.5. The summed E-state index contributed by atoms with van der Waals surface area (Å²) in [4.78, 5) is 2.55. The van der Waals surface area contributed by atoms with Gasteiger partial charge in [-0.15, -0.1) is 0 Å². The molecule has 1 N–H and O–H groups in total. The Balaban J connectivity index is 1.73. The Hall–Kier alpha value is -1.84. The van der Waals surface area contributed by atoms with Crippen molar-refractivity contribution >= 4 is 0 Å². The molecule has 25 heavy (non-hydrogen) atoms. The Morgan fingerprint density at radius 3 is 2.28 bits per heavy atom. The van der Waals surface area contributed by atoms with E-state index in [1.165, 1.54) is 41.6 Å². The number of likely N-dealkylation sites (tertiary alicyclic amines) is 1. The first-order chi connectivity index (χ1) is 12.2. The average molecular weight is 336 g/mol. The van der Waals surface area contributed by atoms with Crippen LogP contribution in [0.2, 0.25) is 0 Å². The summed E-state index contributed by atoms with van der Waals surface area (Å²) in [5.41, 5.74) is 5.20. The number of piperidine rings is 1. The van der Waals surface area contributed by atoms with Crippen LogP contribution < -0.4 is 10.1 Å². The van der Waals surface area contributed by atoms with E-state index < -0.39 is 0 Å². The van der Waals surface area contributed by atoms with Crippen molar-refractivity contribution in [1.82, 2.24) is 10.2 Å². The van der Waals surface area contributed by atoms with Crippen molar-refractivity contribution in [3.63, 3.8) is 0 Å². The van der Waals surface area contributed by atoms with E-state index in [0.29, 0.717) is 6.04 Å². The Labute approximate surface area is 151 Å². The second kappa shape index (κ2) is 6.81. The fraction of sp³-hybridized carbons (Fsp3) is 0.455. The number of fused-ring (bicyclic) bond motifs is 2. The smallest absolute Gasteiger partial charge is 0.132 e. The van der Waals surface area contributed by atoms with Gasteiger partial charge >= 0.3 is 0 Å². The first-order valence-electron chi connectivity index (χ1n) is 9.52. The van der Waals surface area contributed by atoms with Gasteiger partial charge in [0.1, 0.15) is 11.5 Å². The van der Waals surface area contributed by atoms with Crippen LogP contribution in [0.25, 0.3) is 0 Å². The van der Waals surface area contributed by atoms with Gasteiger partial charge in [0, 0.05) is 23.7 Å². The zero-order valence-electron chi connectivity index (χ0n) is 15.5. The van der Waals surface area contributed by atoms with Crippen molar-refractivity contribution in [2.24, 2.45) is 0 Å². The van der Waals surface area contributed by atoms with Crippen LogP contribution in [0.3, 0.4) is 0 Å². The van der Waals surface area contributed by atoms with E-state index in [1.807, 2.05) is 0 Å². The van der Waals surface area contributed by atoms with E-state index in [2.05, 4.69) is 67.4 Å². The number of hydrogen-bond donors (Lipinski definition) is 1. The summed E-state index contributed by atoms with van der Waals surface area (Å²) >= 11 is 0. The summed E-state index contributed by atoms with van der Waals surface area (Å²) in [6.07, 6.45) is 2.52.